The molecule has 0 saturated heterocycles. The quantitative estimate of drug-likeness (QED) is 0.345. The predicted molar refractivity (Wildman–Crippen MR) is 125 cm³/mol. The molecule has 0 spiro atoms. The molecule has 8 heteroatoms. The lowest BCUT2D eigenvalue weighted by molar-refractivity contribution is 0.168. The van der Waals surface area contributed by atoms with Gasteiger partial charge in [0.25, 0.3) is 0 Å². The van der Waals surface area contributed by atoms with Crippen molar-refractivity contribution in [3.8, 4) is 11.4 Å². The summed E-state index contributed by atoms with van der Waals surface area (Å²) in [7, 11) is 0. The zero-order valence-electron chi connectivity index (χ0n) is 17.3. The highest BCUT2D eigenvalue weighted by atomic mass is 16.5. The van der Waals surface area contributed by atoms with Gasteiger partial charge < -0.3 is 10.1 Å². The van der Waals surface area contributed by atoms with E-state index < -0.39 is 6.09 Å². The first-order valence-electron chi connectivity index (χ1n) is 10.2. The lowest BCUT2D eigenvalue weighted by Gasteiger charge is -2.14. The van der Waals surface area contributed by atoms with E-state index in [0.29, 0.717) is 22.9 Å². The molecule has 0 aliphatic heterocycles. The van der Waals surface area contributed by atoms with Crippen molar-refractivity contribution in [3.05, 3.63) is 72.9 Å². The molecular weight excluding hydrogens is 404 g/mol. The number of fused-ring (bicyclic) bond motifs is 2. The van der Waals surface area contributed by atoms with Crippen LogP contribution >= 0.6 is 0 Å². The first kappa shape index (κ1) is 19.5. The number of anilines is 3. The molecule has 1 amide bonds. The molecule has 32 heavy (non-hydrogen) atoms. The largest absolute Gasteiger partial charge is 0.450 e. The van der Waals surface area contributed by atoms with Gasteiger partial charge in [0, 0.05) is 22.0 Å². The number of nitrogens with one attached hydrogen (secondary N) is 3. The molecule has 0 bridgehead atoms. The van der Waals surface area contributed by atoms with Gasteiger partial charge in [-0.15, -0.1) is 0 Å². The number of benzene rings is 3. The van der Waals surface area contributed by atoms with Crippen LogP contribution in [0.15, 0.2) is 72.9 Å². The van der Waals surface area contributed by atoms with E-state index in [1.54, 1.807) is 19.2 Å². The summed E-state index contributed by atoms with van der Waals surface area (Å²) in [6, 6.07) is 21.1. The van der Waals surface area contributed by atoms with Crippen molar-refractivity contribution in [1.82, 2.24) is 20.2 Å². The van der Waals surface area contributed by atoms with Gasteiger partial charge in [0.1, 0.15) is 5.82 Å². The Bertz CT molecular complexity index is 1430. The Morgan fingerprint density at radius 3 is 2.78 bits per heavy atom. The van der Waals surface area contributed by atoms with Crippen molar-refractivity contribution in [2.45, 2.75) is 6.92 Å². The number of aromatic amines is 1. The highest BCUT2D eigenvalue weighted by Gasteiger charge is 2.14. The van der Waals surface area contributed by atoms with E-state index in [0.717, 1.165) is 27.5 Å². The summed E-state index contributed by atoms with van der Waals surface area (Å²) < 4.78 is 5.03. The second-order valence-electron chi connectivity index (χ2n) is 7.10. The first-order chi connectivity index (χ1) is 15.7. The summed E-state index contributed by atoms with van der Waals surface area (Å²) in [5, 5.41) is 15.1. The fourth-order valence-electron chi connectivity index (χ4n) is 3.51. The zero-order chi connectivity index (χ0) is 21.9. The van der Waals surface area contributed by atoms with Crippen molar-refractivity contribution >= 4 is 45.1 Å². The van der Waals surface area contributed by atoms with Crippen LogP contribution < -0.4 is 10.6 Å². The minimum atomic E-state index is -0.521. The third-order valence-electron chi connectivity index (χ3n) is 4.99. The van der Waals surface area contributed by atoms with Crippen LogP contribution in [0.3, 0.4) is 0 Å². The summed E-state index contributed by atoms with van der Waals surface area (Å²) in [6.07, 6.45) is 1.26. The fourth-order valence-corrected chi connectivity index (χ4v) is 3.51. The van der Waals surface area contributed by atoms with E-state index in [2.05, 4.69) is 20.8 Å². The van der Waals surface area contributed by atoms with Crippen LogP contribution in [-0.4, -0.2) is 32.9 Å². The summed E-state index contributed by atoms with van der Waals surface area (Å²) in [5.41, 5.74) is 3.90. The second kappa shape index (κ2) is 8.35. The molecule has 0 atom stereocenters. The van der Waals surface area contributed by atoms with Crippen molar-refractivity contribution < 1.29 is 9.53 Å². The van der Waals surface area contributed by atoms with Gasteiger partial charge in [0.15, 0.2) is 5.82 Å². The number of amides is 1. The number of para-hydroxylation sites is 2. The highest BCUT2D eigenvalue weighted by Crippen LogP contribution is 2.31. The number of hydrogen-bond donors (Lipinski definition) is 3. The van der Waals surface area contributed by atoms with Crippen LogP contribution in [-0.2, 0) is 4.74 Å². The van der Waals surface area contributed by atoms with Crippen molar-refractivity contribution in [1.29, 1.82) is 0 Å². The van der Waals surface area contributed by atoms with E-state index >= 15 is 0 Å². The third-order valence-corrected chi connectivity index (χ3v) is 4.99. The normalized spacial score (nSPS) is 10.9. The Morgan fingerprint density at radius 1 is 1.03 bits per heavy atom. The molecule has 2 aromatic heterocycles. The molecular formula is C24H20N6O2. The van der Waals surface area contributed by atoms with E-state index in [1.807, 2.05) is 60.7 Å². The topological polar surface area (TPSA) is 105 Å². The number of H-pyrrole nitrogens is 1. The van der Waals surface area contributed by atoms with E-state index in [1.165, 1.54) is 0 Å². The molecule has 5 rings (SSSR count). The SMILES string of the molecule is CCOC(=O)Nc1ccccc1-c1nc(Nc2ccc3[nH]ncc3c2)c2ccccc2n1. The number of aromatic nitrogens is 4. The number of rotatable bonds is 5. The number of carbonyl (C=O) groups excluding carboxylic acids is 1. The standard InChI is InChI=1S/C24H20N6O2/c1-2-32-24(31)28-21-10-6-4-8-18(21)23-27-20-9-5-3-7-17(20)22(29-23)26-16-11-12-19-15(13-16)14-25-30-19/h3-14H,2H2,1H3,(H,25,30)(H,28,31)(H,26,27,29). The summed E-state index contributed by atoms with van der Waals surface area (Å²) in [6.45, 7) is 2.05. The Hall–Kier alpha value is -4.46. The molecule has 3 N–H and O–H groups in total. The molecule has 2 heterocycles. The van der Waals surface area contributed by atoms with E-state index in [9.17, 15) is 4.79 Å². The van der Waals surface area contributed by atoms with Crippen molar-refractivity contribution in [2.75, 3.05) is 17.2 Å². The molecule has 3 aromatic carbocycles. The van der Waals surface area contributed by atoms with Crippen LogP contribution in [0.5, 0.6) is 0 Å². The molecule has 0 unspecified atom stereocenters. The van der Waals surface area contributed by atoms with Gasteiger partial charge in [-0.3, -0.25) is 10.4 Å². The summed E-state index contributed by atoms with van der Waals surface area (Å²) >= 11 is 0. The first-order valence-corrected chi connectivity index (χ1v) is 10.2. The van der Waals surface area contributed by atoms with Gasteiger partial charge in [-0.2, -0.15) is 5.10 Å². The van der Waals surface area contributed by atoms with Gasteiger partial charge in [-0.1, -0.05) is 24.3 Å². The maximum atomic E-state index is 12.0. The van der Waals surface area contributed by atoms with Crippen LogP contribution in [0.4, 0.5) is 22.0 Å². The molecule has 0 saturated carbocycles. The van der Waals surface area contributed by atoms with Gasteiger partial charge >= 0.3 is 6.09 Å². The smallest absolute Gasteiger partial charge is 0.411 e. The van der Waals surface area contributed by atoms with Gasteiger partial charge in [-0.25, -0.2) is 14.8 Å². The molecule has 5 aromatic rings. The molecule has 0 radical (unpaired) electrons. The average Bonchev–Trinajstić information content (AvgIpc) is 3.27. The fraction of sp³-hybridized carbons (Fsp3) is 0.0833. The minimum absolute atomic E-state index is 0.287. The minimum Gasteiger partial charge on any atom is -0.450 e. The summed E-state index contributed by atoms with van der Waals surface area (Å²) in [4.78, 5) is 21.6. The zero-order valence-corrected chi connectivity index (χ0v) is 17.3. The maximum absolute atomic E-state index is 12.0. The Morgan fingerprint density at radius 2 is 1.88 bits per heavy atom. The molecule has 0 fully saturated rings. The van der Waals surface area contributed by atoms with Crippen LogP contribution in [0.2, 0.25) is 0 Å². The summed E-state index contributed by atoms with van der Waals surface area (Å²) in [5.74, 6) is 1.15. The predicted octanol–water partition coefficient (Wildman–Crippen LogP) is 5.49. The van der Waals surface area contributed by atoms with Crippen LogP contribution in [0.25, 0.3) is 33.2 Å². The molecule has 158 valence electrons. The van der Waals surface area contributed by atoms with Crippen LogP contribution in [0, 0.1) is 0 Å². The van der Waals surface area contributed by atoms with E-state index in [-0.39, 0.29) is 6.61 Å². The number of hydrogen-bond acceptors (Lipinski definition) is 6. The Labute approximate surface area is 183 Å². The number of nitrogens with zero attached hydrogens (tertiary/aromatic N) is 3. The Kier molecular flexibility index (Phi) is 5.09. The van der Waals surface area contributed by atoms with E-state index in [4.69, 9.17) is 14.7 Å². The monoisotopic (exact) mass is 424 g/mol. The average molecular weight is 424 g/mol. The molecule has 0 aliphatic rings. The molecule has 0 aliphatic carbocycles. The highest BCUT2D eigenvalue weighted by molar-refractivity contribution is 5.95. The number of carbonyl (C=O) groups is 1. The second-order valence-corrected chi connectivity index (χ2v) is 7.10. The lowest BCUT2D eigenvalue weighted by Crippen LogP contribution is -2.14. The number of ether oxygens (including phenoxy) is 1. The van der Waals surface area contributed by atoms with Gasteiger partial charge in [0.05, 0.1) is 29.5 Å². The van der Waals surface area contributed by atoms with Crippen LogP contribution in [0.1, 0.15) is 6.92 Å². The third kappa shape index (κ3) is 3.81. The van der Waals surface area contributed by atoms with Crippen molar-refractivity contribution in [3.63, 3.8) is 0 Å². The van der Waals surface area contributed by atoms with Gasteiger partial charge in [-0.05, 0) is 49.4 Å². The Balaban J connectivity index is 1.59. The molecule has 8 nitrogen and oxygen atoms in total. The lowest BCUT2D eigenvalue weighted by atomic mass is 10.1. The maximum Gasteiger partial charge on any atom is 0.411 e. The van der Waals surface area contributed by atoms with Gasteiger partial charge in [0.2, 0.25) is 0 Å². The van der Waals surface area contributed by atoms with Crippen molar-refractivity contribution in [2.24, 2.45) is 0 Å².